The summed E-state index contributed by atoms with van der Waals surface area (Å²) in [6, 6.07) is 13.2. The number of carbonyl (C=O) groups excluding carboxylic acids is 1. The third kappa shape index (κ3) is 3.70. The van der Waals surface area contributed by atoms with E-state index in [1.807, 2.05) is 6.92 Å². The molecule has 0 spiro atoms. The number of aromatic nitrogens is 2. The van der Waals surface area contributed by atoms with Crippen molar-refractivity contribution < 1.29 is 13.9 Å². The standard InChI is InChI=1S/C24H21FN4O2/c1-13(29-23(30)15-4-2-14(11-26)3-5-15)22-18-9-17(10-19(18)22)31-24-20-8-16(25)6-7-21(20)27-12-28-24/h2-8,12-13,17-19,22H,9-10H2,1H3,(H,29,30)/t13-,17-,18-,19+,22+/m1/s1. The summed E-state index contributed by atoms with van der Waals surface area (Å²) < 4.78 is 19.8. The fourth-order valence-corrected chi connectivity index (χ4v) is 5.02. The zero-order valence-corrected chi connectivity index (χ0v) is 17.0. The number of hydrogen-bond donors (Lipinski definition) is 1. The average Bonchev–Trinajstić information content (AvgIpc) is 3.29. The summed E-state index contributed by atoms with van der Waals surface area (Å²) in [5.74, 6) is 1.41. The molecule has 3 aromatic rings. The van der Waals surface area contributed by atoms with Crippen molar-refractivity contribution in [2.24, 2.45) is 17.8 Å². The Morgan fingerprint density at radius 3 is 2.65 bits per heavy atom. The van der Waals surface area contributed by atoms with Gasteiger partial charge in [-0.2, -0.15) is 5.26 Å². The summed E-state index contributed by atoms with van der Waals surface area (Å²) in [6.45, 7) is 2.04. The lowest BCUT2D eigenvalue weighted by Crippen LogP contribution is -2.36. The highest BCUT2D eigenvalue weighted by atomic mass is 19.1. The Balaban J connectivity index is 1.18. The zero-order valence-electron chi connectivity index (χ0n) is 17.0. The third-order valence-corrected chi connectivity index (χ3v) is 6.52. The Labute approximate surface area is 179 Å². The fraction of sp³-hybridized carbons (Fsp3) is 0.333. The Kier molecular flexibility index (Phi) is 4.78. The quantitative estimate of drug-likeness (QED) is 0.682. The molecule has 1 amide bonds. The van der Waals surface area contributed by atoms with Crippen LogP contribution in [0.15, 0.2) is 48.8 Å². The smallest absolute Gasteiger partial charge is 0.251 e. The van der Waals surface area contributed by atoms with Gasteiger partial charge in [0.05, 0.1) is 22.5 Å². The molecule has 2 aromatic carbocycles. The predicted octanol–water partition coefficient (Wildman–Crippen LogP) is 3.86. The van der Waals surface area contributed by atoms with Crippen LogP contribution in [-0.2, 0) is 0 Å². The molecule has 6 nitrogen and oxygen atoms in total. The van der Waals surface area contributed by atoms with E-state index in [0.717, 1.165) is 12.8 Å². The van der Waals surface area contributed by atoms with E-state index in [-0.39, 0.29) is 23.9 Å². The van der Waals surface area contributed by atoms with Gasteiger partial charge in [-0.25, -0.2) is 14.4 Å². The van der Waals surface area contributed by atoms with E-state index in [1.165, 1.54) is 18.5 Å². The van der Waals surface area contributed by atoms with Crippen LogP contribution < -0.4 is 10.1 Å². The molecule has 0 bridgehead atoms. The SMILES string of the molecule is C[C@@H](NC(=O)c1ccc(C#N)cc1)[C@H]1[C@@H]2C[C@@H](Oc3ncnc4ccc(F)cc34)C[C@@H]21. The maximum atomic E-state index is 13.6. The second-order valence-corrected chi connectivity index (χ2v) is 8.41. The van der Waals surface area contributed by atoms with Gasteiger partial charge in [0.15, 0.2) is 0 Å². The highest BCUT2D eigenvalue weighted by molar-refractivity contribution is 5.94. The molecule has 2 aliphatic rings. The van der Waals surface area contributed by atoms with Crippen LogP contribution in [0.5, 0.6) is 5.88 Å². The molecule has 5 rings (SSSR count). The van der Waals surface area contributed by atoms with Gasteiger partial charge in [-0.15, -0.1) is 0 Å². The van der Waals surface area contributed by atoms with Crippen molar-refractivity contribution in [2.75, 3.05) is 0 Å². The molecule has 156 valence electrons. The van der Waals surface area contributed by atoms with E-state index >= 15 is 0 Å². The monoisotopic (exact) mass is 416 g/mol. The Hall–Kier alpha value is -3.53. The van der Waals surface area contributed by atoms with Crippen molar-refractivity contribution in [3.05, 3.63) is 65.7 Å². The summed E-state index contributed by atoms with van der Waals surface area (Å²) in [6.07, 6.45) is 3.27. The maximum absolute atomic E-state index is 13.6. The molecule has 1 aromatic heterocycles. The lowest BCUT2D eigenvalue weighted by atomic mass is 10.0. The van der Waals surface area contributed by atoms with Gasteiger partial charge in [-0.1, -0.05) is 0 Å². The summed E-state index contributed by atoms with van der Waals surface area (Å²) >= 11 is 0. The molecule has 0 radical (unpaired) electrons. The summed E-state index contributed by atoms with van der Waals surface area (Å²) in [4.78, 5) is 20.9. The number of rotatable bonds is 5. The van der Waals surface area contributed by atoms with Crippen LogP contribution in [0, 0.1) is 34.9 Å². The second kappa shape index (κ2) is 7.62. The van der Waals surface area contributed by atoms with Crippen molar-refractivity contribution in [2.45, 2.75) is 31.9 Å². The molecular formula is C24H21FN4O2. The van der Waals surface area contributed by atoms with Gasteiger partial charge in [0.2, 0.25) is 5.88 Å². The average molecular weight is 416 g/mol. The first-order chi connectivity index (χ1) is 15.0. The lowest BCUT2D eigenvalue weighted by Gasteiger charge is -2.20. The number of benzene rings is 2. The van der Waals surface area contributed by atoms with Crippen LogP contribution in [0.1, 0.15) is 35.7 Å². The first-order valence-corrected chi connectivity index (χ1v) is 10.4. The Bertz CT molecular complexity index is 1180. The minimum absolute atomic E-state index is 0.0362. The van der Waals surface area contributed by atoms with Crippen LogP contribution in [-0.4, -0.2) is 28.0 Å². The number of amides is 1. The summed E-state index contributed by atoms with van der Waals surface area (Å²) in [7, 11) is 0. The van der Waals surface area contributed by atoms with Gasteiger partial charge in [0, 0.05) is 11.6 Å². The molecule has 7 heteroatoms. The van der Waals surface area contributed by atoms with E-state index in [2.05, 4.69) is 21.4 Å². The van der Waals surface area contributed by atoms with Crippen molar-refractivity contribution in [3.8, 4) is 11.9 Å². The number of nitriles is 1. The minimum Gasteiger partial charge on any atom is -0.474 e. The minimum atomic E-state index is -0.340. The first-order valence-electron chi connectivity index (χ1n) is 10.4. The van der Waals surface area contributed by atoms with E-state index < -0.39 is 0 Å². The second-order valence-electron chi connectivity index (χ2n) is 8.41. The zero-order chi connectivity index (χ0) is 21.5. The summed E-state index contributed by atoms with van der Waals surface area (Å²) in [5.41, 5.74) is 1.75. The van der Waals surface area contributed by atoms with Crippen LogP contribution >= 0.6 is 0 Å². The number of halogens is 1. The molecular weight excluding hydrogens is 395 g/mol. The highest BCUT2D eigenvalue weighted by Crippen LogP contribution is 2.59. The molecule has 1 heterocycles. The fourth-order valence-electron chi connectivity index (χ4n) is 5.02. The van der Waals surface area contributed by atoms with Crippen LogP contribution in [0.25, 0.3) is 10.9 Å². The number of ether oxygens (including phenoxy) is 1. The van der Waals surface area contributed by atoms with Crippen LogP contribution in [0.2, 0.25) is 0 Å². The number of hydrogen-bond acceptors (Lipinski definition) is 5. The largest absolute Gasteiger partial charge is 0.474 e. The van der Waals surface area contributed by atoms with Gasteiger partial charge >= 0.3 is 0 Å². The van der Waals surface area contributed by atoms with Crippen LogP contribution in [0.3, 0.4) is 0 Å². The molecule has 2 saturated carbocycles. The van der Waals surface area contributed by atoms with Gasteiger partial charge in [-0.05, 0) is 80.0 Å². The van der Waals surface area contributed by atoms with Crippen molar-refractivity contribution in [1.29, 1.82) is 5.26 Å². The molecule has 1 N–H and O–H groups in total. The lowest BCUT2D eigenvalue weighted by molar-refractivity contribution is 0.0930. The van der Waals surface area contributed by atoms with E-state index in [1.54, 1.807) is 30.3 Å². The highest BCUT2D eigenvalue weighted by Gasteiger charge is 2.58. The number of nitrogens with zero attached hydrogens (tertiary/aromatic N) is 3. The summed E-state index contributed by atoms with van der Waals surface area (Å²) in [5, 5.41) is 12.6. The maximum Gasteiger partial charge on any atom is 0.251 e. The van der Waals surface area contributed by atoms with Crippen molar-refractivity contribution in [3.63, 3.8) is 0 Å². The predicted molar refractivity (Wildman–Crippen MR) is 112 cm³/mol. The Morgan fingerprint density at radius 2 is 1.94 bits per heavy atom. The van der Waals surface area contributed by atoms with Crippen molar-refractivity contribution >= 4 is 16.8 Å². The van der Waals surface area contributed by atoms with Gasteiger partial charge in [-0.3, -0.25) is 4.79 Å². The molecule has 5 atom stereocenters. The van der Waals surface area contributed by atoms with Crippen molar-refractivity contribution in [1.82, 2.24) is 15.3 Å². The first kappa shape index (κ1) is 19.4. The molecule has 31 heavy (non-hydrogen) atoms. The third-order valence-electron chi connectivity index (χ3n) is 6.52. The normalized spacial score (nSPS) is 24.8. The molecule has 0 saturated heterocycles. The van der Waals surface area contributed by atoms with Gasteiger partial charge in [0.1, 0.15) is 18.2 Å². The van der Waals surface area contributed by atoms with E-state index in [9.17, 15) is 9.18 Å². The topological polar surface area (TPSA) is 87.9 Å². The molecule has 0 unspecified atom stereocenters. The number of carbonyl (C=O) groups is 1. The number of fused-ring (bicyclic) bond motifs is 2. The van der Waals surface area contributed by atoms with Gasteiger partial charge < -0.3 is 10.1 Å². The van der Waals surface area contributed by atoms with Gasteiger partial charge in [0.25, 0.3) is 5.91 Å². The molecule has 2 fully saturated rings. The van der Waals surface area contributed by atoms with Crippen LogP contribution in [0.4, 0.5) is 4.39 Å². The van der Waals surface area contributed by atoms with E-state index in [0.29, 0.717) is 45.7 Å². The molecule has 2 aliphatic carbocycles. The Morgan fingerprint density at radius 1 is 1.19 bits per heavy atom. The molecule has 0 aliphatic heterocycles. The van der Waals surface area contributed by atoms with E-state index in [4.69, 9.17) is 10.00 Å². The number of nitrogens with one attached hydrogen (secondary N) is 1.